The second kappa shape index (κ2) is 6.26. The standard InChI is InChI=1S/C15H18N8O/c1-24-15-8-12(16-9-17-15)19-11-4-6-22(7-5-11)14-3-2-13-20-18-10-23(13)21-14/h2-3,8-11H,4-7H2,1H3,(H,16,17,19). The maximum Gasteiger partial charge on any atom is 0.218 e. The zero-order valence-electron chi connectivity index (χ0n) is 13.3. The molecule has 1 aliphatic rings. The zero-order chi connectivity index (χ0) is 16.4. The molecule has 3 aromatic heterocycles. The van der Waals surface area contributed by atoms with Crippen molar-refractivity contribution in [2.24, 2.45) is 0 Å². The monoisotopic (exact) mass is 326 g/mol. The molecule has 0 radical (unpaired) electrons. The molecular formula is C15H18N8O. The van der Waals surface area contributed by atoms with Crippen molar-refractivity contribution in [2.45, 2.75) is 18.9 Å². The van der Waals surface area contributed by atoms with Gasteiger partial charge in [-0.3, -0.25) is 0 Å². The van der Waals surface area contributed by atoms with Gasteiger partial charge in [-0.05, 0) is 25.0 Å². The van der Waals surface area contributed by atoms with E-state index < -0.39 is 0 Å². The Morgan fingerprint density at radius 3 is 2.92 bits per heavy atom. The third-order valence-electron chi connectivity index (χ3n) is 4.17. The van der Waals surface area contributed by atoms with Crippen molar-refractivity contribution in [3.63, 3.8) is 0 Å². The van der Waals surface area contributed by atoms with Crippen molar-refractivity contribution in [1.82, 2.24) is 29.8 Å². The minimum atomic E-state index is 0.375. The maximum absolute atomic E-state index is 5.13. The molecule has 3 aromatic rings. The summed E-state index contributed by atoms with van der Waals surface area (Å²) in [4.78, 5) is 10.5. The van der Waals surface area contributed by atoms with Gasteiger partial charge in [-0.15, -0.1) is 15.3 Å². The van der Waals surface area contributed by atoms with Gasteiger partial charge in [-0.1, -0.05) is 0 Å². The molecule has 1 aliphatic heterocycles. The van der Waals surface area contributed by atoms with Gasteiger partial charge in [-0.25, -0.2) is 9.97 Å². The van der Waals surface area contributed by atoms with Gasteiger partial charge in [-0.2, -0.15) is 4.52 Å². The second-order valence-electron chi connectivity index (χ2n) is 5.68. The molecule has 0 aromatic carbocycles. The van der Waals surface area contributed by atoms with Crippen LogP contribution < -0.4 is 15.0 Å². The number of methoxy groups -OCH3 is 1. The van der Waals surface area contributed by atoms with Crippen LogP contribution in [0.1, 0.15) is 12.8 Å². The summed E-state index contributed by atoms with van der Waals surface area (Å²) in [6, 6.07) is 6.12. The molecule has 124 valence electrons. The van der Waals surface area contributed by atoms with Gasteiger partial charge in [0.1, 0.15) is 24.3 Å². The fourth-order valence-electron chi connectivity index (χ4n) is 2.88. The molecular weight excluding hydrogens is 308 g/mol. The molecule has 0 bridgehead atoms. The maximum atomic E-state index is 5.13. The van der Waals surface area contributed by atoms with Crippen LogP contribution >= 0.6 is 0 Å². The number of piperidine rings is 1. The van der Waals surface area contributed by atoms with E-state index in [9.17, 15) is 0 Å². The highest BCUT2D eigenvalue weighted by Gasteiger charge is 2.21. The summed E-state index contributed by atoms with van der Waals surface area (Å²) >= 11 is 0. The van der Waals surface area contributed by atoms with Crippen LogP contribution in [0.25, 0.3) is 5.65 Å². The number of hydrogen-bond acceptors (Lipinski definition) is 8. The fraction of sp³-hybridized carbons (Fsp3) is 0.400. The Bertz CT molecular complexity index is 827. The summed E-state index contributed by atoms with van der Waals surface area (Å²) in [6.07, 6.45) is 5.15. The summed E-state index contributed by atoms with van der Waals surface area (Å²) in [5.41, 5.74) is 0.757. The van der Waals surface area contributed by atoms with Crippen molar-refractivity contribution in [3.8, 4) is 5.88 Å². The van der Waals surface area contributed by atoms with E-state index in [0.717, 1.165) is 43.2 Å². The molecule has 9 heteroatoms. The molecule has 24 heavy (non-hydrogen) atoms. The zero-order valence-corrected chi connectivity index (χ0v) is 13.3. The van der Waals surface area contributed by atoms with E-state index in [0.29, 0.717) is 11.9 Å². The number of hydrogen-bond donors (Lipinski definition) is 1. The minimum absolute atomic E-state index is 0.375. The Morgan fingerprint density at radius 1 is 1.21 bits per heavy atom. The van der Waals surface area contributed by atoms with Crippen LogP contribution in [-0.2, 0) is 0 Å². The van der Waals surface area contributed by atoms with Gasteiger partial charge >= 0.3 is 0 Å². The van der Waals surface area contributed by atoms with E-state index in [4.69, 9.17) is 4.74 Å². The van der Waals surface area contributed by atoms with Crippen LogP contribution in [0.3, 0.4) is 0 Å². The normalized spacial score (nSPS) is 15.6. The molecule has 4 rings (SSSR count). The first-order chi connectivity index (χ1) is 11.8. The Morgan fingerprint density at radius 2 is 2.08 bits per heavy atom. The lowest BCUT2D eigenvalue weighted by Crippen LogP contribution is -2.39. The average molecular weight is 326 g/mol. The first-order valence-electron chi connectivity index (χ1n) is 7.86. The Labute approximate surface area is 138 Å². The number of nitrogens with one attached hydrogen (secondary N) is 1. The van der Waals surface area contributed by atoms with Crippen LogP contribution in [0.15, 0.2) is 30.9 Å². The largest absolute Gasteiger partial charge is 0.481 e. The summed E-state index contributed by atoms with van der Waals surface area (Å²) < 4.78 is 6.83. The third-order valence-corrected chi connectivity index (χ3v) is 4.17. The number of rotatable bonds is 4. The van der Waals surface area contributed by atoms with Gasteiger partial charge in [0.2, 0.25) is 5.88 Å². The van der Waals surface area contributed by atoms with Crippen LogP contribution in [0.4, 0.5) is 11.6 Å². The highest BCUT2D eigenvalue weighted by Crippen LogP contribution is 2.21. The Balaban J connectivity index is 1.39. The molecule has 0 unspecified atom stereocenters. The van der Waals surface area contributed by atoms with Gasteiger partial charge in [0.25, 0.3) is 0 Å². The molecule has 0 amide bonds. The molecule has 0 saturated carbocycles. The van der Waals surface area contributed by atoms with Gasteiger partial charge in [0, 0.05) is 25.2 Å². The molecule has 0 aliphatic carbocycles. The molecule has 0 atom stereocenters. The first-order valence-corrected chi connectivity index (χ1v) is 7.86. The Kier molecular flexibility index (Phi) is 3.81. The lowest BCUT2D eigenvalue weighted by molar-refractivity contribution is 0.397. The molecule has 9 nitrogen and oxygen atoms in total. The lowest BCUT2D eigenvalue weighted by atomic mass is 10.1. The van der Waals surface area contributed by atoms with E-state index >= 15 is 0 Å². The smallest absolute Gasteiger partial charge is 0.218 e. The number of anilines is 2. The molecule has 0 spiro atoms. The van der Waals surface area contributed by atoms with E-state index in [1.165, 1.54) is 6.33 Å². The number of nitrogens with zero attached hydrogens (tertiary/aromatic N) is 7. The molecule has 1 N–H and O–H groups in total. The predicted octanol–water partition coefficient (Wildman–Crippen LogP) is 1.00. The van der Waals surface area contributed by atoms with Crippen molar-refractivity contribution < 1.29 is 4.74 Å². The first kappa shape index (κ1) is 14.6. The van der Waals surface area contributed by atoms with Crippen LogP contribution in [-0.4, -0.2) is 56.0 Å². The van der Waals surface area contributed by atoms with Gasteiger partial charge in [0.15, 0.2) is 5.65 Å². The minimum Gasteiger partial charge on any atom is -0.481 e. The summed E-state index contributed by atoms with van der Waals surface area (Å²) in [5, 5.41) is 15.8. The topological polar surface area (TPSA) is 93.4 Å². The molecule has 1 saturated heterocycles. The third kappa shape index (κ3) is 2.92. The average Bonchev–Trinajstić information content (AvgIpc) is 3.10. The summed E-state index contributed by atoms with van der Waals surface area (Å²) in [5.74, 6) is 2.31. The highest BCUT2D eigenvalue weighted by molar-refractivity contribution is 5.46. The SMILES string of the molecule is COc1cc(NC2CCN(c3ccc4nncn4n3)CC2)ncn1. The summed E-state index contributed by atoms with van der Waals surface area (Å²) in [6.45, 7) is 1.86. The number of fused-ring (bicyclic) bond motifs is 1. The predicted molar refractivity (Wildman–Crippen MR) is 88.2 cm³/mol. The summed E-state index contributed by atoms with van der Waals surface area (Å²) in [7, 11) is 1.60. The quantitative estimate of drug-likeness (QED) is 0.759. The van der Waals surface area contributed by atoms with Gasteiger partial charge in [0.05, 0.1) is 7.11 Å². The van der Waals surface area contributed by atoms with Gasteiger partial charge < -0.3 is 15.0 Å². The van der Waals surface area contributed by atoms with Crippen LogP contribution in [0.5, 0.6) is 5.88 Å². The van der Waals surface area contributed by atoms with Crippen LogP contribution in [0, 0.1) is 0 Å². The van der Waals surface area contributed by atoms with E-state index in [1.54, 1.807) is 18.0 Å². The van der Waals surface area contributed by atoms with Crippen molar-refractivity contribution >= 4 is 17.3 Å². The van der Waals surface area contributed by atoms with Crippen LogP contribution in [0.2, 0.25) is 0 Å². The second-order valence-corrected chi connectivity index (χ2v) is 5.68. The lowest BCUT2D eigenvalue weighted by Gasteiger charge is -2.33. The van der Waals surface area contributed by atoms with E-state index in [1.807, 2.05) is 18.2 Å². The number of aromatic nitrogens is 6. The Hall–Kier alpha value is -2.97. The highest BCUT2D eigenvalue weighted by atomic mass is 16.5. The molecule has 4 heterocycles. The van der Waals surface area contributed by atoms with E-state index in [2.05, 4.69) is 35.5 Å². The number of ether oxygens (including phenoxy) is 1. The fourth-order valence-corrected chi connectivity index (χ4v) is 2.88. The van der Waals surface area contributed by atoms with Crippen molar-refractivity contribution in [2.75, 3.05) is 30.4 Å². The van der Waals surface area contributed by atoms with E-state index in [-0.39, 0.29) is 0 Å². The van der Waals surface area contributed by atoms with Crippen molar-refractivity contribution in [1.29, 1.82) is 0 Å². The van der Waals surface area contributed by atoms with Crippen molar-refractivity contribution in [3.05, 3.63) is 30.9 Å². The molecule has 1 fully saturated rings.